The third-order valence-electron chi connectivity index (χ3n) is 2.59. The minimum absolute atomic E-state index is 0. The highest BCUT2D eigenvalue weighted by Gasteiger charge is 2.21. The van der Waals surface area contributed by atoms with Gasteiger partial charge in [-0.05, 0) is 30.0 Å². The van der Waals surface area contributed by atoms with Crippen LogP contribution in [-0.2, 0) is 12.8 Å². The first kappa shape index (κ1) is 12.2. The van der Waals surface area contributed by atoms with E-state index in [1.807, 2.05) is 13.8 Å². The molecule has 88 valence electrons. The Labute approximate surface area is 95.0 Å². The zero-order chi connectivity index (χ0) is 12.3. The third kappa shape index (κ3) is 2.05. The monoisotopic (exact) mass is 224 g/mol. The number of carbonyl (C=O) groups is 2. The number of carboxylic acid groups (broad SMARTS) is 2. The van der Waals surface area contributed by atoms with Crippen LogP contribution < -0.4 is 0 Å². The van der Waals surface area contributed by atoms with Gasteiger partial charge in [0.1, 0.15) is 0 Å². The molecule has 1 rings (SSSR count). The van der Waals surface area contributed by atoms with Crippen molar-refractivity contribution in [2.75, 3.05) is 0 Å². The highest BCUT2D eigenvalue weighted by molar-refractivity contribution is 6.03. The van der Waals surface area contributed by atoms with E-state index in [4.69, 9.17) is 10.2 Å². The molecule has 0 spiro atoms. The molecule has 0 amide bonds. The van der Waals surface area contributed by atoms with Gasteiger partial charge in [0.15, 0.2) is 0 Å². The Morgan fingerprint density at radius 1 is 1.12 bits per heavy atom. The van der Waals surface area contributed by atoms with Crippen molar-refractivity contribution in [3.05, 3.63) is 34.4 Å². The van der Waals surface area contributed by atoms with Crippen LogP contribution in [-0.4, -0.2) is 22.2 Å². The van der Waals surface area contributed by atoms with E-state index < -0.39 is 11.9 Å². The normalized spacial score (nSPS) is 10.1. The largest absolute Gasteiger partial charge is 0.478 e. The summed E-state index contributed by atoms with van der Waals surface area (Å²) in [4.78, 5) is 22.0. The van der Waals surface area contributed by atoms with Crippen LogP contribution in [0.2, 0.25) is 0 Å². The number of carboxylic acids is 2. The Balaban J connectivity index is 0.00000256. The summed E-state index contributed by atoms with van der Waals surface area (Å²) in [6.45, 7) is 3.74. The second-order valence-electron chi connectivity index (χ2n) is 3.44. The number of hydrogen-bond donors (Lipinski definition) is 2. The second kappa shape index (κ2) is 4.79. The van der Waals surface area contributed by atoms with E-state index in [1.54, 1.807) is 6.07 Å². The molecule has 2 N–H and O–H groups in total. The van der Waals surface area contributed by atoms with Gasteiger partial charge in [-0.25, -0.2) is 9.59 Å². The summed E-state index contributed by atoms with van der Waals surface area (Å²) in [7, 11) is 0. The third-order valence-corrected chi connectivity index (χ3v) is 2.59. The molecule has 0 unspecified atom stereocenters. The molecule has 0 radical (unpaired) electrons. The van der Waals surface area contributed by atoms with Gasteiger partial charge < -0.3 is 10.2 Å². The molecule has 0 bridgehead atoms. The summed E-state index contributed by atoms with van der Waals surface area (Å²) in [5, 5.41) is 18.0. The van der Waals surface area contributed by atoms with Crippen LogP contribution in [0.25, 0.3) is 0 Å². The molecule has 0 fully saturated rings. The summed E-state index contributed by atoms with van der Waals surface area (Å²) in [6.07, 6.45) is 1.22. The number of hydrogen-bond acceptors (Lipinski definition) is 2. The molecule has 16 heavy (non-hydrogen) atoms. The molecule has 1 aromatic rings. The van der Waals surface area contributed by atoms with Crippen LogP contribution in [0.5, 0.6) is 0 Å². The molecule has 0 aliphatic heterocycles. The first-order chi connectivity index (χ1) is 7.52. The summed E-state index contributed by atoms with van der Waals surface area (Å²) >= 11 is 0. The van der Waals surface area contributed by atoms with Crippen LogP contribution in [0.4, 0.5) is 0 Å². The van der Waals surface area contributed by atoms with E-state index in [-0.39, 0.29) is 12.6 Å². The summed E-state index contributed by atoms with van der Waals surface area (Å²) in [6, 6.07) is 3.05. The van der Waals surface area contributed by atoms with E-state index in [0.29, 0.717) is 18.4 Å². The fraction of sp³-hybridized carbons (Fsp3) is 0.333. The topological polar surface area (TPSA) is 74.6 Å². The Morgan fingerprint density at radius 2 is 1.75 bits per heavy atom. The molecule has 0 aliphatic rings. The van der Waals surface area contributed by atoms with Crippen molar-refractivity contribution in [2.24, 2.45) is 0 Å². The Hall–Kier alpha value is -1.84. The SMILES string of the molecule is CCc1ccc(C(=O)O)c(C(=O)O)c1CC.[HH]. The first-order valence-electron chi connectivity index (χ1n) is 5.14. The Kier molecular flexibility index (Phi) is 3.66. The van der Waals surface area contributed by atoms with E-state index in [1.165, 1.54) is 6.07 Å². The molecular formula is C12H16O4. The van der Waals surface area contributed by atoms with E-state index in [9.17, 15) is 9.59 Å². The fourth-order valence-electron chi connectivity index (χ4n) is 1.85. The number of aromatic carboxylic acids is 2. The highest BCUT2D eigenvalue weighted by Crippen LogP contribution is 2.21. The maximum atomic E-state index is 11.1. The molecule has 0 atom stereocenters. The lowest BCUT2D eigenvalue weighted by Crippen LogP contribution is -2.13. The van der Waals surface area contributed by atoms with Crippen LogP contribution in [0.1, 0.15) is 47.1 Å². The maximum Gasteiger partial charge on any atom is 0.336 e. The lowest BCUT2D eigenvalue weighted by Gasteiger charge is -2.12. The van der Waals surface area contributed by atoms with Crippen molar-refractivity contribution < 1.29 is 21.2 Å². The zero-order valence-corrected chi connectivity index (χ0v) is 9.28. The Bertz CT molecular complexity index is 440. The van der Waals surface area contributed by atoms with Crippen molar-refractivity contribution in [3.8, 4) is 0 Å². The first-order valence-corrected chi connectivity index (χ1v) is 5.14. The molecule has 0 heterocycles. The predicted octanol–water partition coefficient (Wildman–Crippen LogP) is 2.45. The lowest BCUT2D eigenvalue weighted by atomic mass is 9.93. The van der Waals surface area contributed by atoms with Gasteiger partial charge in [0.2, 0.25) is 0 Å². The minimum atomic E-state index is -1.20. The zero-order valence-electron chi connectivity index (χ0n) is 9.28. The predicted molar refractivity (Wildman–Crippen MR) is 61.2 cm³/mol. The average molecular weight is 224 g/mol. The van der Waals surface area contributed by atoms with Crippen LogP contribution in [0, 0.1) is 0 Å². The number of rotatable bonds is 4. The smallest absolute Gasteiger partial charge is 0.336 e. The van der Waals surface area contributed by atoms with E-state index in [0.717, 1.165) is 5.56 Å². The van der Waals surface area contributed by atoms with Gasteiger partial charge in [-0.1, -0.05) is 19.9 Å². The van der Waals surface area contributed by atoms with Crippen molar-refractivity contribution in [2.45, 2.75) is 26.7 Å². The molecule has 0 saturated carbocycles. The summed E-state index contributed by atoms with van der Waals surface area (Å²) in [5.41, 5.74) is 1.30. The van der Waals surface area contributed by atoms with Crippen LogP contribution in [0.15, 0.2) is 12.1 Å². The van der Waals surface area contributed by atoms with Gasteiger partial charge in [0, 0.05) is 1.43 Å². The minimum Gasteiger partial charge on any atom is -0.478 e. The van der Waals surface area contributed by atoms with Crippen molar-refractivity contribution in [1.29, 1.82) is 0 Å². The highest BCUT2D eigenvalue weighted by atomic mass is 16.4. The second-order valence-corrected chi connectivity index (χ2v) is 3.44. The van der Waals surface area contributed by atoms with Crippen LogP contribution in [0.3, 0.4) is 0 Å². The molecule has 0 saturated heterocycles. The Morgan fingerprint density at radius 3 is 2.12 bits per heavy atom. The van der Waals surface area contributed by atoms with Gasteiger partial charge in [0.05, 0.1) is 11.1 Å². The van der Waals surface area contributed by atoms with Crippen molar-refractivity contribution in [1.82, 2.24) is 0 Å². The van der Waals surface area contributed by atoms with Gasteiger partial charge >= 0.3 is 11.9 Å². The number of aryl methyl sites for hydroxylation is 1. The van der Waals surface area contributed by atoms with Crippen molar-refractivity contribution in [3.63, 3.8) is 0 Å². The molecule has 0 aromatic heterocycles. The van der Waals surface area contributed by atoms with Gasteiger partial charge in [-0.3, -0.25) is 0 Å². The quantitative estimate of drug-likeness (QED) is 0.823. The van der Waals surface area contributed by atoms with Gasteiger partial charge in [0.25, 0.3) is 0 Å². The summed E-state index contributed by atoms with van der Waals surface area (Å²) in [5.74, 6) is -2.38. The molecule has 0 aliphatic carbocycles. The molecule has 4 nitrogen and oxygen atoms in total. The van der Waals surface area contributed by atoms with E-state index >= 15 is 0 Å². The van der Waals surface area contributed by atoms with Crippen molar-refractivity contribution >= 4 is 11.9 Å². The average Bonchev–Trinajstić information content (AvgIpc) is 2.26. The standard InChI is InChI=1S/C12H14O4.H2/c1-3-7-5-6-9(11(13)14)10(12(15)16)8(7)4-2;/h5-6H,3-4H2,1-2H3,(H,13,14)(H,15,16);1H. The maximum absolute atomic E-state index is 11.1. The molecule has 1 aromatic carbocycles. The molecular weight excluding hydrogens is 208 g/mol. The summed E-state index contributed by atoms with van der Waals surface area (Å²) < 4.78 is 0. The van der Waals surface area contributed by atoms with Gasteiger partial charge in [-0.15, -0.1) is 0 Å². The van der Waals surface area contributed by atoms with Crippen LogP contribution >= 0.6 is 0 Å². The van der Waals surface area contributed by atoms with E-state index in [2.05, 4.69) is 0 Å². The van der Waals surface area contributed by atoms with Gasteiger partial charge in [-0.2, -0.15) is 0 Å². The molecule has 4 heteroatoms. The number of benzene rings is 1. The lowest BCUT2D eigenvalue weighted by molar-refractivity contribution is 0.0650. The fourth-order valence-corrected chi connectivity index (χ4v) is 1.85.